The van der Waals surface area contributed by atoms with Crippen molar-refractivity contribution in [2.24, 2.45) is 5.73 Å². The minimum Gasteiger partial charge on any atom is -0.497 e. The highest BCUT2D eigenvalue weighted by atomic mass is 16.5. The van der Waals surface area contributed by atoms with Gasteiger partial charge in [0.25, 0.3) is 11.8 Å². The number of carbonyl (C=O) groups excluding carboxylic acids is 3. The van der Waals surface area contributed by atoms with E-state index in [0.29, 0.717) is 23.5 Å². The summed E-state index contributed by atoms with van der Waals surface area (Å²) in [5, 5.41) is 14.9. The molecule has 3 aromatic carbocycles. The number of benzene rings is 3. The van der Waals surface area contributed by atoms with E-state index in [1.807, 2.05) is 30.3 Å². The van der Waals surface area contributed by atoms with Crippen molar-refractivity contribution in [3.05, 3.63) is 95.1 Å². The second-order valence-corrected chi connectivity index (χ2v) is 8.66. The van der Waals surface area contributed by atoms with Gasteiger partial charge < -0.3 is 26.0 Å². The Balaban J connectivity index is 1.57. The number of amides is 4. The molecule has 0 aromatic heterocycles. The van der Waals surface area contributed by atoms with Crippen molar-refractivity contribution < 1.29 is 19.1 Å². The van der Waals surface area contributed by atoms with E-state index < -0.39 is 24.0 Å². The lowest BCUT2D eigenvalue weighted by Crippen LogP contribution is -2.54. The monoisotopic (exact) mass is 512 g/mol. The number of methoxy groups -OCH3 is 1. The number of carbonyl (C=O) groups is 3. The van der Waals surface area contributed by atoms with Gasteiger partial charge in [0.15, 0.2) is 6.17 Å². The first-order valence-electron chi connectivity index (χ1n) is 12.0. The van der Waals surface area contributed by atoms with Gasteiger partial charge in [-0.15, -0.1) is 0 Å². The largest absolute Gasteiger partial charge is 0.497 e. The molecule has 194 valence electrons. The fourth-order valence-corrected chi connectivity index (χ4v) is 4.24. The van der Waals surface area contributed by atoms with Crippen LogP contribution in [-0.4, -0.2) is 54.0 Å². The van der Waals surface area contributed by atoms with E-state index in [0.717, 1.165) is 11.1 Å². The van der Waals surface area contributed by atoms with Crippen LogP contribution in [0.2, 0.25) is 0 Å². The van der Waals surface area contributed by atoms with Crippen LogP contribution in [0.15, 0.2) is 72.8 Å². The molecular formula is C28H28N6O4. The molecule has 4 amide bonds. The number of hydrogen-bond donors (Lipinski definition) is 3. The van der Waals surface area contributed by atoms with Crippen LogP contribution in [0.3, 0.4) is 0 Å². The molecule has 1 aliphatic rings. The lowest BCUT2D eigenvalue weighted by molar-refractivity contribution is -0.128. The van der Waals surface area contributed by atoms with Crippen molar-refractivity contribution in [1.82, 2.24) is 15.1 Å². The Hall–Kier alpha value is -4.88. The van der Waals surface area contributed by atoms with Gasteiger partial charge in [-0.3, -0.25) is 14.5 Å². The minimum atomic E-state index is -1.19. The molecule has 1 atom stereocenters. The third-order valence-electron chi connectivity index (χ3n) is 6.20. The number of ether oxygens (including phenoxy) is 1. The highest BCUT2D eigenvalue weighted by molar-refractivity contribution is 6.00. The lowest BCUT2D eigenvalue weighted by atomic mass is 10.1. The Kier molecular flexibility index (Phi) is 8.20. The molecule has 38 heavy (non-hydrogen) atoms. The molecule has 1 heterocycles. The van der Waals surface area contributed by atoms with Crippen LogP contribution in [0.5, 0.6) is 5.75 Å². The van der Waals surface area contributed by atoms with E-state index in [4.69, 9.17) is 10.5 Å². The summed E-state index contributed by atoms with van der Waals surface area (Å²) >= 11 is 0. The summed E-state index contributed by atoms with van der Waals surface area (Å²) < 4.78 is 5.15. The van der Waals surface area contributed by atoms with Crippen LogP contribution in [0.25, 0.3) is 0 Å². The van der Waals surface area contributed by atoms with Crippen molar-refractivity contribution >= 4 is 23.5 Å². The summed E-state index contributed by atoms with van der Waals surface area (Å²) in [6, 6.07) is 22.0. The van der Waals surface area contributed by atoms with Crippen LogP contribution in [0, 0.1) is 11.3 Å². The number of anilines is 1. The number of hydrogen-bond acceptors (Lipinski definition) is 6. The van der Waals surface area contributed by atoms with Crippen LogP contribution >= 0.6 is 0 Å². The topological polar surface area (TPSA) is 141 Å². The molecule has 0 bridgehead atoms. The van der Waals surface area contributed by atoms with E-state index in [1.54, 1.807) is 49.6 Å². The highest BCUT2D eigenvalue weighted by Gasteiger charge is 2.43. The number of nitrogens with two attached hydrogens (primary N) is 1. The Bertz CT molecular complexity index is 1370. The van der Waals surface area contributed by atoms with Gasteiger partial charge in [-0.25, -0.2) is 4.79 Å². The number of urea groups is 1. The summed E-state index contributed by atoms with van der Waals surface area (Å²) in [5.41, 5.74) is 8.58. The van der Waals surface area contributed by atoms with Crippen LogP contribution in [0.4, 0.5) is 10.5 Å². The number of rotatable bonds is 7. The SMILES string of the molecule is COc1ccc(NC(=O)N2CCN(C(=O)c3cccc(C#N)c3)C2C(=O)NCc2cccc(CN)c2)cc1. The molecule has 0 radical (unpaired) electrons. The van der Waals surface area contributed by atoms with E-state index in [2.05, 4.69) is 10.6 Å². The van der Waals surface area contributed by atoms with E-state index in [1.165, 1.54) is 15.9 Å². The van der Waals surface area contributed by atoms with Gasteiger partial charge in [0, 0.05) is 37.4 Å². The smallest absolute Gasteiger partial charge is 0.323 e. The Morgan fingerprint density at radius 3 is 2.42 bits per heavy atom. The average Bonchev–Trinajstić information content (AvgIpc) is 3.41. The minimum absolute atomic E-state index is 0.145. The summed E-state index contributed by atoms with van der Waals surface area (Å²) in [6.45, 7) is 0.857. The molecule has 1 aliphatic heterocycles. The number of nitrogens with one attached hydrogen (secondary N) is 2. The first kappa shape index (κ1) is 26.2. The third-order valence-corrected chi connectivity index (χ3v) is 6.20. The van der Waals surface area contributed by atoms with Gasteiger partial charge in [0.2, 0.25) is 0 Å². The van der Waals surface area contributed by atoms with Crippen molar-refractivity contribution in [2.45, 2.75) is 19.3 Å². The van der Waals surface area contributed by atoms with Gasteiger partial charge in [-0.05, 0) is 53.6 Å². The maximum atomic E-state index is 13.5. The van der Waals surface area contributed by atoms with Gasteiger partial charge in [0.1, 0.15) is 5.75 Å². The van der Waals surface area contributed by atoms with E-state index >= 15 is 0 Å². The summed E-state index contributed by atoms with van der Waals surface area (Å²) in [4.78, 5) is 42.8. The molecule has 0 saturated carbocycles. The standard InChI is InChI=1S/C28H28N6O4/c1-38-24-10-8-23(9-11-24)32-28(37)34-13-12-33(27(36)22-7-3-5-20(15-22)17-30)26(34)25(35)31-18-21-6-2-4-19(14-21)16-29/h2-11,14-15,26H,12-13,16,18,29H2,1H3,(H,31,35)(H,32,37). The normalized spacial score (nSPS) is 14.5. The van der Waals surface area contributed by atoms with Gasteiger partial charge >= 0.3 is 6.03 Å². The Morgan fingerprint density at radius 1 is 1.00 bits per heavy atom. The van der Waals surface area contributed by atoms with E-state index in [9.17, 15) is 19.6 Å². The molecule has 0 spiro atoms. The Morgan fingerprint density at radius 2 is 1.71 bits per heavy atom. The predicted octanol–water partition coefficient (Wildman–Crippen LogP) is 2.66. The average molecular weight is 513 g/mol. The maximum absolute atomic E-state index is 13.5. The fourth-order valence-electron chi connectivity index (χ4n) is 4.24. The zero-order valence-electron chi connectivity index (χ0n) is 20.9. The molecule has 1 fully saturated rings. The van der Waals surface area contributed by atoms with Gasteiger partial charge in [-0.1, -0.05) is 30.3 Å². The van der Waals surface area contributed by atoms with E-state index in [-0.39, 0.29) is 25.2 Å². The first-order valence-corrected chi connectivity index (χ1v) is 12.0. The van der Waals surface area contributed by atoms with Gasteiger partial charge in [-0.2, -0.15) is 5.26 Å². The predicted molar refractivity (Wildman–Crippen MR) is 141 cm³/mol. The molecule has 1 unspecified atom stereocenters. The molecule has 4 N–H and O–H groups in total. The van der Waals surface area contributed by atoms with Crippen molar-refractivity contribution in [3.63, 3.8) is 0 Å². The van der Waals surface area contributed by atoms with Crippen molar-refractivity contribution in [1.29, 1.82) is 5.26 Å². The lowest BCUT2D eigenvalue weighted by Gasteiger charge is -2.29. The fraction of sp³-hybridized carbons (Fsp3) is 0.214. The highest BCUT2D eigenvalue weighted by Crippen LogP contribution is 2.22. The summed E-state index contributed by atoms with van der Waals surface area (Å²) in [5.74, 6) is -0.320. The zero-order valence-corrected chi connectivity index (χ0v) is 20.9. The summed E-state index contributed by atoms with van der Waals surface area (Å²) in [7, 11) is 1.55. The first-order chi connectivity index (χ1) is 18.4. The second-order valence-electron chi connectivity index (χ2n) is 8.66. The maximum Gasteiger partial charge on any atom is 0.323 e. The van der Waals surface area contributed by atoms with Crippen LogP contribution in [-0.2, 0) is 17.9 Å². The molecule has 3 aromatic rings. The zero-order chi connectivity index (χ0) is 27.1. The third kappa shape index (κ3) is 5.91. The molecule has 4 rings (SSSR count). The van der Waals surface area contributed by atoms with Crippen molar-refractivity contribution in [2.75, 3.05) is 25.5 Å². The van der Waals surface area contributed by atoms with Crippen LogP contribution < -0.4 is 21.1 Å². The second kappa shape index (κ2) is 11.9. The molecule has 1 saturated heterocycles. The Labute approximate surface area is 220 Å². The quantitative estimate of drug-likeness (QED) is 0.445. The number of nitriles is 1. The molecule has 10 heteroatoms. The van der Waals surface area contributed by atoms with Crippen LogP contribution in [0.1, 0.15) is 27.0 Å². The molecular weight excluding hydrogens is 484 g/mol. The van der Waals surface area contributed by atoms with Gasteiger partial charge in [0.05, 0.1) is 18.7 Å². The van der Waals surface area contributed by atoms with Crippen molar-refractivity contribution in [3.8, 4) is 11.8 Å². The summed E-state index contributed by atoms with van der Waals surface area (Å²) in [6.07, 6.45) is -1.19. The molecule has 10 nitrogen and oxygen atoms in total. The molecule has 0 aliphatic carbocycles. The number of nitrogens with zero attached hydrogens (tertiary/aromatic N) is 3.